The zero-order valence-electron chi connectivity index (χ0n) is 14.7. The van der Waals surface area contributed by atoms with Crippen LogP contribution < -0.4 is 15.5 Å². The normalized spacial score (nSPS) is 18.2. The molecule has 6 nitrogen and oxygen atoms in total. The molecule has 27 heavy (non-hydrogen) atoms. The Labute approximate surface area is 166 Å². The van der Waals surface area contributed by atoms with Crippen molar-refractivity contribution in [3.63, 3.8) is 0 Å². The molecule has 0 spiro atoms. The van der Waals surface area contributed by atoms with Crippen LogP contribution in [0.15, 0.2) is 42.5 Å². The van der Waals surface area contributed by atoms with E-state index < -0.39 is 17.4 Å². The van der Waals surface area contributed by atoms with Gasteiger partial charge in [0.1, 0.15) is 0 Å². The molecule has 1 heterocycles. The molecule has 2 aromatic rings. The van der Waals surface area contributed by atoms with Gasteiger partial charge in [0.05, 0.1) is 22.2 Å². The number of anilines is 2. The minimum Gasteiger partial charge on any atom is -0.338 e. The average Bonchev–Trinajstić information content (AvgIpc) is 2.81. The summed E-state index contributed by atoms with van der Waals surface area (Å²) in [7, 11) is 1.60. The molecule has 3 rings (SSSR count). The lowest BCUT2D eigenvalue weighted by Gasteiger charge is -2.28. The van der Waals surface area contributed by atoms with Gasteiger partial charge in [-0.1, -0.05) is 47.5 Å². The van der Waals surface area contributed by atoms with Crippen LogP contribution in [0, 0.1) is 0 Å². The fraction of sp³-hybridized carbons (Fsp3) is 0.211. The minimum absolute atomic E-state index is 0.260. The van der Waals surface area contributed by atoms with E-state index in [9.17, 15) is 14.4 Å². The molecular weight excluding hydrogens is 389 g/mol. The van der Waals surface area contributed by atoms with Crippen LogP contribution in [0.25, 0.3) is 0 Å². The molecule has 0 aliphatic carbocycles. The Morgan fingerprint density at radius 3 is 2.33 bits per heavy atom. The van der Waals surface area contributed by atoms with Gasteiger partial charge in [0.2, 0.25) is 11.8 Å². The van der Waals surface area contributed by atoms with E-state index in [0.29, 0.717) is 11.3 Å². The van der Waals surface area contributed by atoms with Gasteiger partial charge in [-0.2, -0.15) is 0 Å². The third-order valence-corrected chi connectivity index (χ3v) is 5.07. The highest BCUT2D eigenvalue weighted by molar-refractivity contribution is 6.39. The number of carbonyl (C=O) groups excluding carboxylic acids is 3. The summed E-state index contributed by atoms with van der Waals surface area (Å²) >= 11 is 12.2. The number of likely N-dealkylation sites (N-methyl/N-ethyl adjacent to an activating group) is 1. The van der Waals surface area contributed by atoms with E-state index in [1.807, 2.05) is 0 Å². The molecule has 2 N–H and O–H groups in total. The van der Waals surface area contributed by atoms with Crippen LogP contribution in [0.2, 0.25) is 10.0 Å². The first-order chi connectivity index (χ1) is 12.8. The van der Waals surface area contributed by atoms with E-state index in [4.69, 9.17) is 23.2 Å². The topological polar surface area (TPSA) is 78.5 Å². The van der Waals surface area contributed by atoms with Gasteiger partial charge in [-0.3, -0.25) is 14.4 Å². The second-order valence-electron chi connectivity index (χ2n) is 6.29. The summed E-state index contributed by atoms with van der Waals surface area (Å²) in [5.74, 6) is -1.31. The highest BCUT2D eigenvalue weighted by Gasteiger charge is 2.51. The fourth-order valence-corrected chi connectivity index (χ4v) is 3.81. The van der Waals surface area contributed by atoms with Crippen LogP contribution in [0.5, 0.6) is 0 Å². The van der Waals surface area contributed by atoms with Gasteiger partial charge in [0, 0.05) is 25.2 Å². The van der Waals surface area contributed by atoms with Crippen molar-refractivity contribution in [2.24, 2.45) is 0 Å². The molecule has 1 aliphatic heterocycles. The largest absolute Gasteiger partial charge is 0.338 e. The van der Waals surface area contributed by atoms with Crippen molar-refractivity contribution in [2.45, 2.75) is 18.9 Å². The van der Waals surface area contributed by atoms with Gasteiger partial charge < -0.3 is 15.5 Å². The van der Waals surface area contributed by atoms with Gasteiger partial charge in [-0.25, -0.2) is 0 Å². The molecule has 1 atom stereocenters. The summed E-state index contributed by atoms with van der Waals surface area (Å²) in [6, 6.07) is 11.9. The Bertz CT molecular complexity index is 927. The summed E-state index contributed by atoms with van der Waals surface area (Å²) in [5, 5.41) is 5.88. The Balaban J connectivity index is 1.98. The molecule has 0 radical (unpaired) electrons. The second-order valence-corrected chi connectivity index (χ2v) is 7.10. The summed E-state index contributed by atoms with van der Waals surface area (Å²) in [5.41, 5.74) is -0.0292. The quantitative estimate of drug-likeness (QED) is 0.818. The molecular formula is C19H17Cl2N3O3. The standard InChI is InChI=1S/C19H17Cl2N3O3/c1-11(25)23-19(12-6-3-4-9-15(12)24(2)18(19)27)10-16(26)22-17-13(20)7-5-8-14(17)21/h3-9H,10H2,1-2H3,(H,22,26)(H,23,25)/t19-/m1/s1. The molecule has 140 valence electrons. The van der Waals surface area contributed by atoms with E-state index in [2.05, 4.69) is 10.6 Å². The van der Waals surface area contributed by atoms with Crippen molar-refractivity contribution in [3.8, 4) is 0 Å². The van der Waals surface area contributed by atoms with Crippen molar-refractivity contribution in [1.29, 1.82) is 0 Å². The van der Waals surface area contributed by atoms with Crippen LogP contribution in [0.3, 0.4) is 0 Å². The first kappa shape index (κ1) is 19.2. The van der Waals surface area contributed by atoms with E-state index in [0.717, 1.165) is 0 Å². The number of nitrogens with zero attached hydrogens (tertiary/aromatic N) is 1. The van der Waals surface area contributed by atoms with Crippen molar-refractivity contribution >= 4 is 52.3 Å². The van der Waals surface area contributed by atoms with Crippen LogP contribution in [0.4, 0.5) is 11.4 Å². The van der Waals surface area contributed by atoms with Crippen LogP contribution in [-0.2, 0) is 19.9 Å². The van der Waals surface area contributed by atoms with Crippen LogP contribution in [-0.4, -0.2) is 24.8 Å². The molecule has 1 aliphatic rings. The molecule has 0 fully saturated rings. The summed E-state index contributed by atoms with van der Waals surface area (Å²) in [6.45, 7) is 1.30. The summed E-state index contributed by atoms with van der Waals surface area (Å²) < 4.78 is 0. The first-order valence-electron chi connectivity index (χ1n) is 8.16. The molecule has 0 saturated carbocycles. The Kier molecular flexibility index (Phi) is 5.13. The highest BCUT2D eigenvalue weighted by Crippen LogP contribution is 2.42. The van der Waals surface area contributed by atoms with Gasteiger partial charge in [-0.05, 0) is 18.2 Å². The molecule has 0 aromatic heterocycles. The predicted octanol–water partition coefficient (Wildman–Crippen LogP) is 3.33. The zero-order valence-corrected chi connectivity index (χ0v) is 16.2. The summed E-state index contributed by atoms with van der Waals surface area (Å²) in [6.07, 6.45) is -0.297. The molecule has 0 bridgehead atoms. The van der Waals surface area contributed by atoms with Crippen molar-refractivity contribution < 1.29 is 14.4 Å². The zero-order chi connectivity index (χ0) is 19.8. The Hall–Kier alpha value is -2.57. The molecule has 0 unspecified atom stereocenters. The highest BCUT2D eigenvalue weighted by atomic mass is 35.5. The number of amides is 3. The lowest BCUT2D eigenvalue weighted by atomic mass is 9.87. The van der Waals surface area contributed by atoms with Crippen LogP contribution >= 0.6 is 23.2 Å². The minimum atomic E-state index is -1.49. The number of benzene rings is 2. The van der Waals surface area contributed by atoms with Gasteiger partial charge >= 0.3 is 0 Å². The first-order valence-corrected chi connectivity index (χ1v) is 8.92. The predicted molar refractivity (Wildman–Crippen MR) is 105 cm³/mol. The monoisotopic (exact) mass is 405 g/mol. The lowest BCUT2D eigenvalue weighted by Crippen LogP contribution is -2.53. The average molecular weight is 406 g/mol. The number of hydrogen-bond acceptors (Lipinski definition) is 3. The number of carbonyl (C=O) groups is 3. The van der Waals surface area contributed by atoms with Crippen molar-refractivity contribution in [3.05, 3.63) is 58.1 Å². The van der Waals surface area contributed by atoms with Crippen molar-refractivity contribution in [2.75, 3.05) is 17.3 Å². The SMILES string of the molecule is CC(=O)N[C@@]1(CC(=O)Nc2c(Cl)cccc2Cl)C(=O)N(C)c2ccccc21. The number of fused-ring (bicyclic) bond motifs is 1. The van der Waals surface area contributed by atoms with Gasteiger partial charge in [0.25, 0.3) is 5.91 Å². The maximum atomic E-state index is 13.0. The maximum absolute atomic E-state index is 13.0. The Morgan fingerprint density at radius 1 is 1.07 bits per heavy atom. The van der Waals surface area contributed by atoms with Gasteiger partial charge in [0.15, 0.2) is 5.54 Å². The number of halogens is 2. The molecule has 0 saturated heterocycles. The maximum Gasteiger partial charge on any atom is 0.257 e. The van der Waals surface area contributed by atoms with E-state index in [1.165, 1.54) is 11.8 Å². The number of para-hydroxylation sites is 2. The molecule has 2 aromatic carbocycles. The van der Waals surface area contributed by atoms with Gasteiger partial charge in [-0.15, -0.1) is 0 Å². The fourth-order valence-electron chi connectivity index (χ4n) is 3.32. The van der Waals surface area contributed by atoms with E-state index in [-0.39, 0.29) is 28.1 Å². The summed E-state index contributed by atoms with van der Waals surface area (Å²) in [4.78, 5) is 39.1. The number of hydrogen-bond donors (Lipinski definition) is 2. The third-order valence-electron chi connectivity index (χ3n) is 4.44. The molecule has 3 amide bonds. The van der Waals surface area contributed by atoms with E-state index >= 15 is 0 Å². The second kappa shape index (κ2) is 7.21. The van der Waals surface area contributed by atoms with Crippen molar-refractivity contribution in [1.82, 2.24) is 5.32 Å². The Morgan fingerprint density at radius 2 is 1.70 bits per heavy atom. The third kappa shape index (κ3) is 3.38. The number of nitrogens with one attached hydrogen (secondary N) is 2. The molecule has 8 heteroatoms. The van der Waals surface area contributed by atoms with Crippen LogP contribution in [0.1, 0.15) is 18.9 Å². The number of rotatable bonds is 4. The lowest BCUT2D eigenvalue weighted by molar-refractivity contribution is -0.133. The van der Waals surface area contributed by atoms with E-state index in [1.54, 1.807) is 49.5 Å². The smallest absolute Gasteiger partial charge is 0.257 e.